The van der Waals surface area contributed by atoms with Crippen LogP contribution in [0, 0.1) is 6.92 Å². The van der Waals surface area contributed by atoms with E-state index >= 15 is 0 Å². The molecule has 0 spiro atoms. The van der Waals surface area contributed by atoms with E-state index in [4.69, 9.17) is 9.15 Å². The second-order valence-corrected chi connectivity index (χ2v) is 7.54. The van der Waals surface area contributed by atoms with Gasteiger partial charge in [-0.1, -0.05) is 29.8 Å². The molecule has 7 heteroatoms. The molecule has 0 bridgehead atoms. The molecule has 0 saturated carbocycles. The van der Waals surface area contributed by atoms with Crippen molar-refractivity contribution in [1.29, 1.82) is 0 Å². The van der Waals surface area contributed by atoms with Gasteiger partial charge >= 0.3 is 5.97 Å². The molecule has 164 valence electrons. The molecule has 32 heavy (non-hydrogen) atoms. The number of benzene rings is 2. The molecular formula is C25H25N3O4. The lowest BCUT2D eigenvalue weighted by Crippen LogP contribution is -2.32. The van der Waals surface area contributed by atoms with Crippen LogP contribution < -0.4 is 5.32 Å². The number of hydrogen-bond donors (Lipinski definition) is 1. The molecule has 1 N–H and O–H groups in total. The van der Waals surface area contributed by atoms with Crippen LogP contribution in [0.1, 0.15) is 46.6 Å². The summed E-state index contributed by atoms with van der Waals surface area (Å²) in [5.74, 6) is 0.150. The zero-order valence-corrected chi connectivity index (χ0v) is 18.1. The topological polar surface area (TPSA) is 84.1 Å². The summed E-state index contributed by atoms with van der Waals surface area (Å²) in [6.07, 6.45) is 2.18. The third kappa shape index (κ3) is 4.72. The Balaban J connectivity index is 1.47. The number of esters is 1. The summed E-state index contributed by atoms with van der Waals surface area (Å²) in [6.45, 7) is 4.18. The van der Waals surface area contributed by atoms with E-state index in [-0.39, 0.29) is 24.5 Å². The molecule has 0 saturated heterocycles. The predicted octanol–water partition coefficient (Wildman–Crippen LogP) is 4.55. The van der Waals surface area contributed by atoms with Gasteiger partial charge in [0.05, 0.1) is 30.7 Å². The first-order chi connectivity index (χ1) is 15.5. The number of anilines is 1. The molecule has 2 heterocycles. The van der Waals surface area contributed by atoms with E-state index in [1.807, 2.05) is 43.3 Å². The molecule has 0 fully saturated rings. The minimum absolute atomic E-state index is 0.0562. The van der Waals surface area contributed by atoms with Gasteiger partial charge in [-0.2, -0.15) is 5.10 Å². The Morgan fingerprint density at radius 3 is 2.53 bits per heavy atom. The highest BCUT2D eigenvalue weighted by atomic mass is 16.5. The lowest BCUT2D eigenvalue weighted by molar-refractivity contribution is -0.131. The second kappa shape index (κ2) is 9.51. The fourth-order valence-electron chi connectivity index (χ4n) is 3.56. The average molecular weight is 431 g/mol. The molecule has 1 aliphatic heterocycles. The van der Waals surface area contributed by atoms with Crippen molar-refractivity contribution in [2.24, 2.45) is 5.10 Å². The van der Waals surface area contributed by atoms with Crippen LogP contribution in [0.2, 0.25) is 0 Å². The van der Waals surface area contributed by atoms with Crippen LogP contribution in [0.4, 0.5) is 5.69 Å². The third-order valence-electron chi connectivity index (χ3n) is 5.26. The quantitative estimate of drug-likeness (QED) is 0.555. The standard InChI is InChI=1S/C25H25N3O4/c1-3-31-25(30)19-10-12-20(13-11-19)26-16-24(29)28-22(23-5-4-14-32-23)15-21(27-28)18-8-6-17(2)7-9-18/h4-14,22,26H,3,15-16H2,1-2H3/t22-/m0/s1. The van der Waals surface area contributed by atoms with Crippen molar-refractivity contribution in [3.05, 3.63) is 89.4 Å². The number of hydrogen-bond acceptors (Lipinski definition) is 6. The largest absolute Gasteiger partial charge is 0.467 e. The summed E-state index contributed by atoms with van der Waals surface area (Å²) in [6, 6.07) is 18.3. The van der Waals surface area contributed by atoms with Crippen molar-refractivity contribution in [3.63, 3.8) is 0 Å². The number of amides is 1. The number of carbonyl (C=O) groups is 2. The lowest BCUT2D eigenvalue weighted by Gasteiger charge is -2.20. The smallest absolute Gasteiger partial charge is 0.338 e. The molecule has 3 aromatic rings. The zero-order valence-electron chi connectivity index (χ0n) is 18.1. The summed E-state index contributed by atoms with van der Waals surface area (Å²) < 4.78 is 10.6. The number of hydrazone groups is 1. The molecule has 7 nitrogen and oxygen atoms in total. The number of furan rings is 1. The fraction of sp³-hybridized carbons (Fsp3) is 0.240. The Kier molecular flexibility index (Phi) is 6.35. The SMILES string of the molecule is CCOC(=O)c1ccc(NCC(=O)N2N=C(c3ccc(C)cc3)C[C@H]2c2ccco2)cc1. The van der Waals surface area contributed by atoms with Crippen LogP contribution in [0.5, 0.6) is 0 Å². The Labute approximate surface area is 186 Å². The molecule has 0 radical (unpaired) electrons. The molecule has 0 unspecified atom stereocenters. The maximum Gasteiger partial charge on any atom is 0.338 e. The molecule has 1 atom stereocenters. The highest BCUT2D eigenvalue weighted by Gasteiger charge is 2.34. The van der Waals surface area contributed by atoms with Gasteiger partial charge in [0.2, 0.25) is 0 Å². The fourth-order valence-corrected chi connectivity index (χ4v) is 3.56. The van der Waals surface area contributed by atoms with Crippen molar-refractivity contribution < 1.29 is 18.7 Å². The maximum absolute atomic E-state index is 13.1. The highest BCUT2D eigenvalue weighted by molar-refractivity contribution is 6.03. The number of nitrogens with one attached hydrogen (secondary N) is 1. The first kappa shape index (κ1) is 21.4. The number of ether oxygens (including phenoxy) is 1. The molecular weight excluding hydrogens is 406 g/mol. The number of nitrogens with zero attached hydrogens (tertiary/aromatic N) is 2. The van der Waals surface area contributed by atoms with E-state index in [0.29, 0.717) is 24.4 Å². The van der Waals surface area contributed by atoms with Gasteiger partial charge in [-0.3, -0.25) is 4.79 Å². The van der Waals surface area contributed by atoms with Gasteiger partial charge in [0.25, 0.3) is 5.91 Å². The van der Waals surface area contributed by atoms with Crippen LogP contribution in [0.3, 0.4) is 0 Å². The molecule has 1 aliphatic rings. The van der Waals surface area contributed by atoms with Crippen molar-refractivity contribution >= 4 is 23.3 Å². The summed E-state index contributed by atoms with van der Waals surface area (Å²) >= 11 is 0. The number of rotatable bonds is 7. The van der Waals surface area contributed by atoms with Gasteiger partial charge in [0.15, 0.2) is 0 Å². The van der Waals surface area contributed by atoms with Crippen molar-refractivity contribution in [3.8, 4) is 0 Å². The first-order valence-corrected chi connectivity index (χ1v) is 10.6. The molecule has 1 aromatic heterocycles. The average Bonchev–Trinajstić information content (AvgIpc) is 3.48. The summed E-state index contributed by atoms with van der Waals surface area (Å²) in [7, 11) is 0. The molecule has 0 aliphatic carbocycles. The lowest BCUT2D eigenvalue weighted by atomic mass is 10.0. The summed E-state index contributed by atoms with van der Waals surface area (Å²) in [4.78, 5) is 24.8. The Bertz CT molecular complexity index is 1100. The van der Waals surface area contributed by atoms with Crippen molar-refractivity contribution in [2.45, 2.75) is 26.3 Å². The van der Waals surface area contributed by atoms with Gasteiger partial charge in [0.1, 0.15) is 11.8 Å². The number of carbonyl (C=O) groups excluding carboxylic acids is 2. The highest BCUT2D eigenvalue weighted by Crippen LogP contribution is 2.33. The van der Waals surface area contributed by atoms with E-state index < -0.39 is 0 Å². The Morgan fingerprint density at radius 2 is 1.88 bits per heavy atom. The van der Waals surface area contributed by atoms with Crippen LogP contribution >= 0.6 is 0 Å². The second-order valence-electron chi connectivity index (χ2n) is 7.54. The van der Waals surface area contributed by atoms with Crippen molar-refractivity contribution in [1.82, 2.24) is 5.01 Å². The predicted molar refractivity (Wildman–Crippen MR) is 122 cm³/mol. The van der Waals surface area contributed by atoms with E-state index in [1.165, 1.54) is 10.6 Å². The maximum atomic E-state index is 13.1. The van der Waals surface area contributed by atoms with Crippen molar-refractivity contribution in [2.75, 3.05) is 18.5 Å². The normalized spacial score (nSPS) is 15.4. The monoisotopic (exact) mass is 431 g/mol. The van der Waals surface area contributed by atoms with Gasteiger partial charge < -0.3 is 14.5 Å². The minimum atomic E-state index is -0.369. The molecule has 2 aromatic carbocycles. The van der Waals surface area contributed by atoms with Crippen LogP contribution in [0.15, 0.2) is 76.4 Å². The first-order valence-electron chi connectivity index (χ1n) is 10.6. The number of aryl methyl sites for hydroxylation is 1. The molecule has 1 amide bonds. The Hall–Kier alpha value is -3.87. The van der Waals surface area contributed by atoms with E-state index in [2.05, 4.69) is 10.4 Å². The van der Waals surface area contributed by atoms with E-state index in [1.54, 1.807) is 37.5 Å². The minimum Gasteiger partial charge on any atom is -0.467 e. The zero-order chi connectivity index (χ0) is 22.5. The third-order valence-corrected chi connectivity index (χ3v) is 5.26. The summed E-state index contributed by atoms with van der Waals surface area (Å²) in [5, 5.41) is 9.23. The van der Waals surface area contributed by atoms with Crippen LogP contribution in [-0.4, -0.2) is 35.7 Å². The summed E-state index contributed by atoms with van der Waals surface area (Å²) in [5.41, 5.74) is 4.20. The van der Waals surface area contributed by atoms with E-state index in [9.17, 15) is 9.59 Å². The van der Waals surface area contributed by atoms with Crippen LogP contribution in [-0.2, 0) is 9.53 Å². The Morgan fingerprint density at radius 1 is 1.12 bits per heavy atom. The van der Waals surface area contributed by atoms with Crippen LogP contribution in [0.25, 0.3) is 0 Å². The van der Waals surface area contributed by atoms with Gasteiger partial charge in [-0.25, -0.2) is 9.80 Å². The van der Waals surface area contributed by atoms with Gasteiger partial charge in [0, 0.05) is 12.1 Å². The van der Waals surface area contributed by atoms with E-state index in [0.717, 1.165) is 17.0 Å². The van der Waals surface area contributed by atoms with Gasteiger partial charge in [-0.05, 0) is 55.8 Å². The van der Waals surface area contributed by atoms with Gasteiger partial charge in [-0.15, -0.1) is 0 Å². The molecule has 4 rings (SSSR count).